The molecule has 1 aliphatic heterocycles. The summed E-state index contributed by atoms with van der Waals surface area (Å²) in [6.45, 7) is 0.353. The summed E-state index contributed by atoms with van der Waals surface area (Å²) in [5.41, 5.74) is 1.71. The fraction of sp³-hybridized carbons (Fsp3) is 0.300. The summed E-state index contributed by atoms with van der Waals surface area (Å²) in [6, 6.07) is 12.2. The van der Waals surface area contributed by atoms with E-state index in [9.17, 15) is 9.59 Å². The molecule has 0 aliphatic carbocycles. The molecular formula is C20H21ClN2O4. The van der Waals surface area contributed by atoms with Crippen molar-refractivity contribution in [3.63, 3.8) is 0 Å². The maximum atomic E-state index is 12.6. The highest BCUT2D eigenvalue weighted by Gasteiger charge is 2.38. The number of ether oxygens (including phenoxy) is 2. The second kappa shape index (κ2) is 8.31. The number of carbonyl (C=O) groups is 2. The van der Waals surface area contributed by atoms with Gasteiger partial charge in [-0.25, -0.2) is 0 Å². The van der Waals surface area contributed by atoms with E-state index < -0.39 is 6.04 Å². The third-order valence-electron chi connectivity index (χ3n) is 4.52. The Labute approximate surface area is 163 Å². The van der Waals surface area contributed by atoms with Gasteiger partial charge in [0.2, 0.25) is 5.91 Å². The van der Waals surface area contributed by atoms with Crippen LogP contribution in [-0.4, -0.2) is 43.5 Å². The summed E-state index contributed by atoms with van der Waals surface area (Å²) in [5, 5.41) is 3.53. The highest BCUT2D eigenvalue weighted by atomic mass is 35.5. The lowest BCUT2D eigenvalue weighted by Gasteiger charge is -2.16. The Kier molecular flexibility index (Phi) is 5.86. The van der Waals surface area contributed by atoms with Crippen LogP contribution in [0.15, 0.2) is 42.5 Å². The van der Waals surface area contributed by atoms with Crippen LogP contribution in [-0.2, 0) is 16.0 Å². The number of hydrogen-bond donors (Lipinski definition) is 1. The number of amides is 2. The Morgan fingerprint density at radius 1 is 1.11 bits per heavy atom. The molecule has 7 heteroatoms. The molecule has 1 unspecified atom stereocenters. The molecule has 0 saturated carbocycles. The number of likely N-dealkylation sites (tertiary alicyclic amines) is 1. The van der Waals surface area contributed by atoms with Crippen LogP contribution in [0, 0.1) is 0 Å². The lowest BCUT2D eigenvalue weighted by molar-refractivity contribution is -0.138. The quantitative estimate of drug-likeness (QED) is 0.738. The predicted molar refractivity (Wildman–Crippen MR) is 103 cm³/mol. The maximum Gasteiger partial charge on any atom is 0.252 e. The smallest absolute Gasteiger partial charge is 0.252 e. The number of methoxy groups -OCH3 is 2. The molecule has 0 bridgehead atoms. The third kappa shape index (κ3) is 4.34. The van der Waals surface area contributed by atoms with Gasteiger partial charge in [-0.05, 0) is 42.3 Å². The van der Waals surface area contributed by atoms with Crippen LogP contribution < -0.4 is 14.8 Å². The van der Waals surface area contributed by atoms with Crippen molar-refractivity contribution in [3.05, 3.63) is 53.1 Å². The van der Waals surface area contributed by atoms with Crippen molar-refractivity contribution in [3.8, 4) is 11.5 Å². The molecule has 2 aromatic carbocycles. The SMILES string of the molecule is COc1ccc(CCN2C(=O)CC(Nc3ccc(OC)c(Cl)c3)C2=O)cc1. The van der Waals surface area contributed by atoms with Crippen molar-refractivity contribution in [2.24, 2.45) is 0 Å². The predicted octanol–water partition coefficient (Wildman–Crippen LogP) is 3.14. The Bertz CT molecular complexity index is 838. The van der Waals surface area contributed by atoms with Gasteiger partial charge in [-0.15, -0.1) is 0 Å². The average Bonchev–Trinajstić information content (AvgIpc) is 2.93. The zero-order valence-electron chi connectivity index (χ0n) is 15.2. The van der Waals surface area contributed by atoms with Gasteiger partial charge in [0.25, 0.3) is 5.91 Å². The van der Waals surface area contributed by atoms with E-state index >= 15 is 0 Å². The van der Waals surface area contributed by atoms with E-state index in [1.54, 1.807) is 25.3 Å². The molecular weight excluding hydrogens is 368 g/mol. The first-order valence-electron chi connectivity index (χ1n) is 8.59. The molecule has 0 spiro atoms. The minimum absolute atomic E-state index is 0.130. The second-order valence-corrected chi connectivity index (χ2v) is 6.64. The van der Waals surface area contributed by atoms with Gasteiger partial charge in [0.1, 0.15) is 17.5 Å². The molecule has 27 heavy (non-hydrogen) atoms. The van der Waals surface area contributed by atoms with Crippen molar-refractivity contribution in [1.29, 1.82) is 0 Å². The number of benzene rings is 2. The minimum Gasteiger partial charge on any atom is -0.497 e. The Morgan fingerprint density at radius 3 is 2.48 bits per heavy atom. The molecule has 3 rings (SSSR count). The van der Waals surface area contributed by atoms with Gasteiger partial charge >= 0.3 is 0 Å². The summed E-state index contributed by atoms with van der Waals surface area (Å²) in [5.74, 6) is 0.928. The molecule has 0 radical (unpaired) electrons. The number of carbonyl (C=O) groups excluding carboxylic acids is 2. The molecule has 0 aromatic heterocycles. The molecule has 142 valence electrons. The van der Waals surface area contributed by atoms with E-state index in [2.05, 4.69) is 5.32 Å². The van der Waals surface area contributed by atoms with E-state index in [4.69, 9.17) is 21.1 Å². The van der Waals surface area contributed by atoms with Gasteiger partial charge in [-0.1, -0.05) is 23.7 Å². The molecule has 2 amide bonds. The Morgan fingerprint density at radius 2 is 1.85 bits per heavy atom. The first-order chi connectivity index (χ1) is 13.0. The summed E-state index contributed by atoms with van der Waals surface area (Å²) in [6.07, 6.45) is 0.730. The number of imide groups is 1. The highest BCUT2D eigenvalue weighted by molar-refractivity contribution is 6.32. The van der Waals surface area contributed by atoms with Crippen LogP contribution in [0.3, 0.4) is 0 Å². The summed E-state index contributed by atoms with van der Waals surface area (Å²) in [4.78, 5) is 26.2. The first-order valence-corrected chi connectivity index (χ1v) is 8.97. The lowest BCUT2D eigenvalue weighted by atomic mass is 10.1. The molecule has 1 heterocycles. The van der Waals surface area contributed by atoms with Crippen molar-refractivity contribution in [2.45, 2.75) is 18.9 Å². The van der Waals surface area contributed by atoms with Gasteiger partial charge in [-0.3, -0.25) is 14.5 Å². The molecule has 1 fully saturated rings. The Balaban J connectivity index is 1.61. The van der Waals surface area contributed by atoms with Crippen LogP contribution in [0.5, 0.6) is 11.5 Å². The van der Waals surface area contributed by atoms with Crippen LogP contribution in [0.1, 0.15) is 12.0 Å². The Hall–Kier alpha value is -2.73. The fourth-order valence-corrected chi connectivity index (χ4v) is 3.28. The van der Waals surface area contributed by atoms with Crippen LogP contribution in [0.4, 0.5) is 5.69 Å². The lowest BCUT2D eigenvalue weighted by Crippen LogP contribution is -2.36. The topological polar surface area (TPSA) is 67.9 Å². The third-order valence-corrected chi connectivity index (χ3v) is 4.82. The van der Waals surface area contributed by atoms with Crippen molar-refractivity contribution in [1.82, 2.24) is 4.90 Å². The molecule has 2 aromatic rings. The summed E-state index contributed by atoms with van der Waals surface area (Å²) in [7, 11) is 3.15. The van der Waals surface area contributed by atoms with Crippen LogP contribution in [0.2, 0.25) is 5.02 Å². The van der Waals surface area contributed by atoms with Crippen molar-refractivity contribution >= 4 is 29.1 Å². The normalized spacial score (nSPS) is 16.6. The standard InChI is InChI=1S/C20H21ClN2O4/c1-26-15-6-3-13(4-7-15)9-10-23-19(24)12-17(20(23)25)22-14-5-8-18(27-2)16(21)11-14/h3-8,11,17,22H,9-10,12H2,1-2H3. The van der Waals surface area contributed by atoms with E-state index in [0.717, 1.165) is 11.3 Å². The van der Waals surface area contributed by atoms with Crippen molar-refractivity contribution in [2.75, 3.05) is 26.1 Å². The number of rotatable bonds is 7. The van der Waals surface area contributed by atoms with Crippen molar-refractivity contribution < 1.29 is 19.1 Å². The van der Waals surface area contributed by atoms with Crippen LogP contribution >= 0.6 is 11.6 Å². The van der Waals surface area contributed by atoms with Gasteiger partial charge in [-0.2, -0.15) is 0 Å². The number of nitrogens with zero attached hydrogens (tertiary/aromatic N) is 1. The first kappa shape index (κ1) is 19.0. The zero-order valence-corrected chi connectivity index (χ0v) is 16.0. The monoisotopic (exact) mass is 388 g/mol. The largest absolute Gasteiger partial charge is 0.497 e. The molecule has 1 atom stereocenters. The number of halogens is 1. The molecule has 1 N–H and O–H groups in total. The van der Waals surface area contributed by atoms with Gasteiger partial charge in [0.15, 0.2) is 0 Å². The number of nitrogens with one attached hydrogen (secondary N) is 1. The maximum absolute atomic E-state index is 12.6. The van der Waals surface area contributed by atoms with E-state index in [1.807, 2.05) is 24.3 Å². The van der Waals surface area contributed by atoms with Crippen LogP contribution in [0.25, 0.3) is 0 Å². The molecule has 6 nitrogen and oxygen atoms in total. The van der Waals surface area contributed by atoms with E-state index in [1.165, 1.54) is 12.0 Å². The minimum atomic E-state index is -0.585. The fourth-order valence-electron chi connectivity index (χ4n) is 3.02. The van der Waals surface area contributed by atoms with E-state index in [-0.39, 0.29) is 18.2 Å². The average molecular weight is 389 g/mol. The second-order valence-electron chi connectivity index (χ2n) is 6.23. The van der Waals surface area contributed by atoms with E-state index in [0.29, 0.717) is 29.4 Å². The highest BCUT2D eigenvalue weighted by Crippen LogP contribution is 2.28. The van der Waals surface area contributed by atoms with Gasteiger partial charge in [0.05, 0.1) is 25.7 Å². The number of anilines is 1. The molecule has 1 aliphatic rings. The van der Waals surface area contributed by atoms with Gasteiger partial charge < -0.3 is 14.8 Å². The summed E-state index contributed by atoms with van der Waals surface area (Å²) < 4.78 is 10.2. The number of hydrogen-bond acceptors (Lipinski definition) is 5. The molecule has 1 saturated heterocycles. The summed E-state index contributed by atoms with van der Waals surface area (Å²) >= 11 is 6.11. The van der Waals surface area contributed by atoms with Gasteiger partial charge in [0, 0.05) is 12.2 Å². The zero-order chi connectivity index (χ0) is 19.4.